The second kappa shape index (κ2) is 9.44. The van der Waals surface area contributed by atoms with Crippen molar-refractivity contribution in [1.82, 2.24) is 0 Å². The van der Waals surface area contributed by atoms with Crippen LogP contribution in [0.3, 0.4) is 0 Å². The summed E-state index contributed by atoms with van der Waals surface area (Å²) < 4.78 is 0. The topological polar surface area (TPSA) is 132 Å². The van der Waals surface area contributed by atoms with Crippen LogP contribution in [0.15, 0.2) is 46.2 Å². The number of rotatable bonds is 2. The monoisotopic (exact) mass is 400 g/mol. The Balaban J connectivity index is 0.000000403. The predicted octanol–water partition coefficient (Wildman–Crippen LogP) is -0.161. The maximum atomic E-state index is 10.3. The molecule has 0 heterocycles. The van der Waals surface area contributed by atoms with E-state index in [9.17, 15) is 19.8 Å². The van der Waals surface area contributed by atoms with Crippen LogP contribution >= 0.6 is 25.3 Å². The van der Waals surface area contributed by atoms with Crippen molar-refractivity contribution in [2.75, 3.05) is 11.5 Å². The summed E-state index contributed by atoms with van der Waals surface area (Å²) in [6, 6.07) is 8.46. The van der Waals surface area contributed by atoms with Crippen molar-refractivity contribution in [2.24, 2.45) is 0 Å². The molecular formula is C14H12N2O4S2Zn. The van der Waals surface area contributed by atoms with Gasteiger partial charge in [0.2, 0.25) is 0 Å². The van der Waals surface area contributed by atoms with E-state index in [1.807, 2.05) is 0 Å². The molecular weight excluding hydrogens is 390 g/mol. The number of nitrogen functional groups attached to an aromatic ring is 2. The van der Waals surface area contributed by atoms with Gasteiger partial charge in [0.1, 0.15) is 0 Å². The fourth-order valence-electron chi connectivity index (χ4n) is 1.36. The van der Waals surface area contributed by atoms with E-state index in [-0.39, 0.29) is 30.6 Å². The first-order valence-electron chi connectivity index (χ1n) is 5.82. The molecule has 0 aliphatic carbocycles. The summed E-state index contributed by atoms with van der Waals surface area (Å²) in [5.74, 6) is -2.46. The van der Waals surface area contributed by atoms with Gasteiger partial charge < -0.3 is 31.3 Å². The molecule has 0 unspecified atom stereocenters. The Bertz CT molecular complexity index is 664. The third kappa shape index (κ3) is 6.52. The molecule has 23 heavy (non-hydrogen) atoms. The molecule has 2 aromatic carbocycles. The second-order valence-electron chi connectivity index (χ2n) is 4.12. The molecule has 2 rings (SSSR count). The number of anilines is 2. The van der Waals surface area contributed by atoms with E-state index < -0.39 is 11.9 Å². The molecule has 0 fully saturated rings. The van der Waals surface area contributed by atoms with Crippen molar-refractivity contribution in [3.05, 3.63) is 47.5 Å². The number of hydrogen-bond donors (Lipinski definition) is 4. The number of nitrogens with two attached hydrogens (primary N) is 2. The molecule has 0 saturated carbocycles. The molecule has 0 bridgehead atoms. The van der Waals surface area contributed by atoms with Crippen LogP contribution in [0.2, 0.25) is 0 Å². The Morgan fingerprint density at radius 3 is 1.30 bits per heavy atom. The number of benzene rings is 2. The average Bonchev–Trinajstić information content (AvgIpc) is 2.45. The van der Waals surface area contributed by atoms with Crippen LogP contribution in [-0.4, -0.2) is 11.9 Å². The number of carbonyl (C=O) groups excluding carboxylic acids is 2. The number of carboxylic acid groups (broad SMARTS) is 2. The molecule has 116 valence electrons. The van der Waals surface area contributed by atoms with E-state index in [2.05, 4.69) is 25.3 Å². The third-order valence-corrected chi connectivity index (χ3v) is 3.34. The Morgan fingerprint density at radius 2 is 1.09 bits per heavy atom. The van der Waals surface area contributed by atoms with Crippen LogP contribution in [0.25, 0.3) is 0 Å². The molecule has 0 aromatic heterocycles. The van der Waals surface area contributed by atoms with Gasteiger partial charge in [-0.1, -0.05) is 12.1 Å². The first-order valence-corrected chi connectivity index (χ1v) is 6.71. The van der Waals surface area contributed by atoms with Gasteiger partial charge in [-0.15, -0.1) is 25.3 Å². The zero-order chi connectivity index (χ0) is 16.9. The molecule has 0 radical (unpaired) electrons. The number of thiol groups is 2. The number of carbonyl (C=O) groups is 2. The average molecular weight is 402 g/mol. The Hall–Kier alpha value is -1.70. The maximum absolute atomic E-state index is 10.3. The summed E-state index contributed by atoms with van der Waals surface area (Å²) in [7, 11) is 0. The van der Waals surface area contributed by atoms with Gasteiger partial charge in [0, 0.05) is 21.2 Å². The van der Waals surface area contributed by atoms with Crippen molar-refractivity contribution in [2.45, 2.75) is 9.79 Å². The molecule has 0 atom stereocenters. The minimum atomic E-state index is -1.23. The standard InChI is InChI=1S/2C7H7NO2S.Zn/c2*8-5-3-4(7(9)10)1-2-6(5)11;/h2*1-3,11H,8H2,(H,9,10);/q;;+2/p-2. The first kappa shape index (κ1) is 21.3. The normalized spacial score (nSPS) is 9.13. The van der Waals surface area contributed by atoms with Gasteiger partial charge in [0.05, 0.1) is 11.9 Å². The van der Waals surface area contributed by atoms with E-state index >= 15 is 0 Å². The van der Waals surface area contributed by atoms with Gasteiger partial charge in [-0.05, 0) is 35.4 Å². The summed E-state index contributed by atoms with van der Waals surface area (Å²) in [4.78, 5) is 21.7. The Labute approximate surface area is 156 Å². The van der Waals surface area contributed by atoms with Crippen molar-refractivity contribution >= 4 is 48.6 Å². The van der Waals surface area contributed by atoms with Crippen LogP contribution in [0.5, 0.6) is 0 Å². The molecule has 6 nitrogen and oxygen atoms in total. The largest absolute Gasteiger partial charge is 2.00 e. The summed E-state index contributed by atoms with van der Waals surface area (Å²) in [5, 5.41) is 20.5. The van der Waals surface area contributed by atoms with Gasteiger partial charge in [-0.2, -0.15) is 0 Å². The summed E-state index contributed by atoms with van der Waals surface area (Å²) in [5.41, 5.74) is 11.6. The van der Waals surface area contributed by atoms with Crippen LogP contribution in [0.1, 0.15) is 20.7 Å². The smallest absolute Gasteiger partial charge is 0.545 e. The van der Waals surface area contributed by atoms with Gasteiger partial charge >= 0.3 is 19.5 Å². The van der Waals surface area contributed by atoms with E-state index in [1.54, 1.807) is 0 Å². The minimum absolute atomic E-state index is 0. The zero-order valence-electron chi connectivity index (χ0n) is 11.9. The summed E-state index contributed by atoms with van der Waals surface area (Å²) in [6.07, 6.45) is 0. The van der Waals surface area contributed by atoms with E-state index in [0.29, 0.717) is 21.2 Å². The Morgan fingerprint density at radius 1 is 0.783 bits per heavy atom. The van der Waals surface area contributed by atoms with Crippen molar-refractivity contribution in [1.29, 1.82) is 0 Å². The minimum Gasteiger partial charge on any atom is -0.545 e. The van der Waals surface area contributed by atoms with Gasteiger partial charge in [0.25, 0.3) is 0 Å². The molecule has 0 aliphatic heterocycles. The fourth-order valence-corrected chi connectivity index (χ4v) is 1.64. The Kier molecular flexibility index (Phi) is 8.75. The SMILES string of the molecule is Nc1cc(C(=O)[O-])ccc1S.Nc1cc(C(=O)[O-])ccc1S.[Zn+2]. The quantitative estimate of drug-likeness (QED) is 0.314. The van der Waals surface area contributed by atoms with Crippen molar-refractivity contribution in [3.63, 3.8) is 0 Å². The van der Waals surface area contributed by atoms with Crippen molar-refractivity contribution in [3.8, 4) is 0 Å². The van der Waals surface area contributed by atoms with Gasteiger partial charge in [0.15, 0.2) is 0 Å². The van der Waals surface area contributed by atoms with Crippen LogP contribution in [-0.2, 0) is 19.5 Å². The predicted molar refractivity (Wildman–Crippen MR) is 84.9 cm³/mol. The van der Waals surface area contributed by atoms with E-state index in [4.69, 9.17) is 11.5 Å². The van der Waals surface area contributed by atoms with E-state index in [0.717, 1.165) is 0 Å². The molecule has 0 amide bonds. The van der Waals surface area contributed by atoms with E-state index in [1.165, 1.54) is 36.4 Å². The molecule has 0 spiro atoms. The first-order chi connectivity index (χ1) is 10.2. The number of carboxylic acids is 2. The van der Waals surface area contributed by atoms with Gasteiger partial charge in [-0.25, -0.2) is 0 Å². The number of hydrogen-bond acceptors (Lipinski definition) is 8. The summed E-state index contributed by atoms with van der Waals surface area (Å²) in [6.45, 7) is 0. The van der Waals surface area contributed by atoms with Crippen LogP contribution < -0.4 is 21.7 Å². The zero-order valence-corrected chi connectivity index (χ0v) is 16.6. The molecule has 2 aromatic rings. The van der Waals surface area contributed by atoms with Crippen LogP contribution in [0, 0.1) is 0 Å². The third-order valence-electron chi connectivity index (χ3n) is 2.53. The molecule has 9 heteroatoms. The second-order valence-corrected chi connectivity index (χ2v) is 5.09. The maximum Gasteiger partial charge on any atom is 2.00 e. The van der Waals surface area contributed by atoms with Crippen molar-refractivity contribution < 1.29 is 39.3 Å². The molecule has 0 aliphatic rings. The van der Waals surface area contributed by atoms with Gasteiger partial charge in [-0.3, -0.25) is 0 Å². The molecule has 0 saturated heterocycles. The van der Waals surface area contributed by atoms with Crippen LogP contribution in [0.4, 0.5) is 11.4 Å². The number of aromatic carboxylic acids is 2. The fraction of sp³-hybridized carbons (Fsp3) is 0. The summed E-state index contributed by atoms with van der Waals surface area (Å²) >= 11 is 7.95. The molecule has 4 N–H and O–H groups in total.